The van der Waals surface area contributed by atoms with Crippen molar-refractivity contribution < 1.29 is 4.74 Å². The number of ether oxygens (including phenoxy) is 1. The molecule has 16 heavy (non-hydrogen) atoms. The molecule has 0 aliphatic rings. The Bertz CT molecular complexity index is 286. The van der Waals surface area contributed by atoms with E-state index in [4.69, 9.17) is 4.74 Å². The largest absolute Gasteiger partial charge is 0.383 e. The maximum absolute atomic E-state index is 5.19. The lowest BCUT2D eigenvalue weighted by Gasteiger charge is -2.15. The van der Waals surface area contributed by atoms with Gasteiger partial charge in [-0.2, -0.15) is 0 Å². The lowest BCUT2D eigenvalue weighted by molar-refractivity contribution is 0.161. The molecule has 0 spiro atoms. The van der Waals surface area contributed by atoms with Crippen molar-refractivity contribution in [3.63, 3.8) is 0 Å². The first-order chi connectivity index (χ1) is 7.67. The Labute approximate surface area is 102 Å². The molecule has 1 aromatic rings. The van der Waals surface area contributed by atoms with Gasteiger partial charge in [-0.1, -0.05) is 13.3 Å². The molecule has 92 valence electrons. The molecule has 3 nitrogen and oxygen atoms in total. The van der Waals surface area contributed by atoms with E-state index in [0.717, 1.165) is 25.3 Å². The molecule has 0 aromatic carbocycles. The topological polar surface area (TPSA) is 34.1 Å². The predicted molar refractivity (Wildman–Crippen MR) is 69.0 cm³/mol. The monoisotopic (exact) mass is 242 g/mol. The normalized spacial score (nSPS) is 13.0. The minimum Gasteiger partial charge on any atom is -0.383 e. The minimum absolute atomic E-state index is 0.444. The second-order valence-electron chi connectivity index (χ2n) is 4.07. The predicted octanol–water partition coefficient (Wildman–Crippen LogP) is 2.66. The zero-order chi connectivity index (χ0) is 12.0. The van der Waals surface area contributed by atoms with E-state index in [1.807, 2.05) is 0 Å². The molecule has 1 unspecified atom stereocenters. The van der Waals surface area contributed by atoms with Crippen molar-refractivity contribution in [2.45, 2.75) is 46.2 Å². The number of nitrogens with zero attached hydrogens (tertiary/aromatic N) is 1. The van der Waals surface area contributed by atoms with E-state index in [2.05, 4.69) is 31.1 Å². The van der Waals surface area contributed by atoms with Crippen molar-refractivity contribution in [2.24, 2.45) is 0 Å². The first kappa shape index (κ1) is 13.6. The molecule has 1 rings (SSSR count). The second-order valence-corrected chi connectivity index (χ2v) is 5.36. The minimum atomic E-state index is 0.444. The van der Waals surface area contributed by atoms with Gasteiger partial charge in [-0.15, -0.1) is 11.3 Å². The van der Waals surface area contributed by atoms with Crippen molar-refractivity contribution in [1.82, 2.24) is 10.3 Å². The Balaban J connectivity index is 2.41. The highest BCUT2D eigenvalue weighted by molar-refractivity contribution is 7.11. The lowest BCUT2D eigenvalue weighted by atomic mass is 10.2. The number of hydrogen-bond acceptors (Lipinski definition) is 4. The zero-order valence-corrected chi connectivity index (χ0v) is 11.5. The summed E-state index contributed by atoms with van der Waals surface area (Å²) in [5, 5.41) is 4.67. The van der Waals surface area contributed by atoms with Crippen molar-refractivity contribution in [3.05, 3.63) is 15.6 Å². The van der Waals surface area contributed by atoms with Gasteiger partial charge in [0.05, 0.1) is 12.3 Å². The molecular weight excluding hydrogens is 220 g/mol. The van der Waals surface area contributed by atoms with Gasteiger partial charge in [0, 0.05) is 24.6 Å². The third kappa shape index (κ3) is 4.20. The molecule has 0 amide bonds. The van der Waals surface area contributed by atoms with Crippen LogP contribution in [0, 0.1) is 13.8 Å². The van der Waals surface area contributed by atoms with Crippen LogP contribution in [-0.4, -0.2) is 24.7 Å². The maximum atomic E-state index is 5.19. The van der Waals surface area contributed by atoms with E-state index in [-0.39, 0.29) is 0 Å². The van der Waals surface area contributed by atoms with Gasteiger partial charge in [-0.05, 0) is 20.3 Å². The molecule has 1 N–H and O–H groups in total. The maximum Gasteiger partial charge on any atom is 0.107 e. The summed E-state index contributed by atoms with van der Waals surface area (Å²) in [4.78, 5) is 5.83. The standard InChI is InChI=1S/C12H22N2OS/c1-5-6-11(8-15-4)13-7-12-14-9(2)10(3)16-12/h11,13H,5-8H2,1-4H3. The van der Waals surface area contributed by atoms with Gasteiger partial charge in [0.15, 0.2) is 0 Å². The summed E-state index contributed by atoms with van der Waals surface area (Å²) in [5.41, 5.74) is 1.15. The van der Waals surface area contributed by atoms with Gasteiger partial charge in [0.25, 0.3) is 0 Å². The van der Waals surface area contributed by atoms with E-state index >= 15 is 0 Å². The lowest BCUT2D eigenvalue weighted by Crippen LogP contribution is -2.32. The summed E-state index contributed by atoms with van der Waals surface area (Å²) in [6.45, 7) is 8.01. The Morgan fingerprint density at radius 3 is 2.69 bits per heavy atom. The fourth-order valence-corrected chi connectivity index (χ4v) is 2.53. The average molecular weight is 242 g/mol. The average Bonchev–Trinajstić information content (AvgIpc) is 2.56. The molecule has 0 saturated heterocycles. The molecule has 0 saturated carbocycles. The van der Waals surface area contributed by atoms with E-state index in [1.54, 1.807) is 18.4 Å². The van der Waals surface area contributed by atoms with Gasteiger partial charge in [0.1, 0.15) is 5.01 Å². The highest BCUT2D eigenvalue weighted by Crippen LogP contribution is 2.16. The van der Waals surface area contributed by atoms with Crippen LogP contribution in [0.3, 0.4) is 0 Å². The molecule has 1 heterocycles. The molecule has 0 aliphatic carbocycles. The molecule has 4 heteroatoms. The van der Waals surface area contributed by atoms with Crippen LogP contribution in [-0.2, 0) is 11.3 Å². The summed E-state index contributed by atoms with van der Waals surface area (Å²) in [5.74, 6) is 0. The number of nitrogens with one attached hydrogen (secondary N) is 1. The fraction of sp³-hybridized carbons (Fsp3) is 0.750. The number of hydrogen-bond donors (Lipinski definition) is 1. The molecule has 0 fully saturated rings. The first-order valence-corrected chi connectivity index (χ1v) is 6.64. The highest BCUT2D eigenvalue weighted by Gasteiger charge is 2.08. The van der Waals surface area contributed by atoms with E-state index < -0.39 is 0 Å². The quantitative estimate of drug-likeness (QED) is 0.798. The zero-order valence-electron chi connectivity index (χ0n) is 10.7. The van der Waals surface area contributed by atoms with Crippen molar-refractivity contribution in [1.29, 1.82) is 0 Å². The second kappa shape index (κ2) is 6.99. The van der Waals surface area contributed by atoms with E-state index in [9.17, 15) is 0 Å². The highest BCUT2D eigenvalue weighted by atomic mass is 32.1. The van der Waals surface area contributed by atoms with Crippen LogP contribution in [0.2, 0.25) is 0 Å². The van der Waals surface area contributed by atoms with Gasteiger partial charge in [-0.3, -0.25) is 0 Å². The van der Waals surface area contributed by atoms with Gasteiger partial charge >= 0.3 is 0 Å². The summed E-state index contributed by atoms with van der Waals surface area (Å²) >= 11 is 1.78. The molecule has 1 atom stereocenters. The van der Waals surface area contributed by atoms with E-state index in [0.29, 0.717) is 6.04 Å². The van der Waals surface area contributed by atoms with Crippen LogP contribution in [0.4, 0.5) is 0 Å². The Hall–Kier alpha value is -0.450. The van der Waals surface area contributed by atoms with Crippen molar-refractivity contribution >= 4 is 11.3 Å². The number of aromatic nitrogens is 1. The molecule has 1 aromatic heterocycles. The molecular formula is C12H22N2OS. The number of methoxy groups -OCH3 is 1. The van der Waals surface area contributed by atoms with Crippen molar-refractivity contribution in [3.8, 4) is 0 Å². The van der Waals surface area contributed by atoms with Gasteiger partial charge < -0.3 is 10.1 Å². The number of thiazole rings is 1. The smallest absolute Gasteiger partial charge is 0.107 e. The third-order valence-electron chi connectivity index (χ3n) is 2.62. The Morgan fingerprint density at radius 2 is 2.19 bits per heavy atom. The van der Waals surface area contributed by atoms with Crippen LogP contribution >= 0.6 is 11.3 Å². The van der Waals surface area contributed by atoms with Crippen LogP contribution < -0.4 is 5.32 Å². The van der Waals surface area contributed by atoms with Crippen LogP contribution in [0.25, 0.3) is 0 Å². The van der Waals surface area contributed by atoms with E-state index in [1.165, 1.54) is 16.3 Å². The molecule has 0 radical (unpaired) electrons. The number of rotatable bonds is 7. The SMILES string of the molecule is CCCC(COC)NCc1nc(C)c(C)s1. The molecule has 0 aliphatic heterocycles. The van der Waals surface area contributed by atoms with Crippen LogP contribution in [0.15, 0.2) is 0 Å². The van der Waals surface area contributed by atoms with Gasteiger partial charge in [-0.25, -0.2) is 4.98 Å². The summed E-state index contributed by atoms with van der Waals surface area (Å²) < 4.78 is 5.19. The molecule has 0 bridgehead atoms. The summed E-state index contributed by atoms with van der Waals surface area (Å²) in [7, 11) is 1.75. The fourth-order valence-electron chi connectivity index (χ4n) is 1.64. The number of aryl methyl sites for hydroxylation is 2. The summed E-state index contributed by atoms with van der Waals surface area (Å²) in [6.07, 6.45) is 2.33. The first-order valence-electron chi connectivity index (χ1n) is 5.82. The van der Waals surface area contributed by atoms with Crippen LogP contribution in [0.1, 0.15) is 35.3 Å². The Morgan fingerprint density at radius 1 is 1.44 bits per heavy atom. The Kier molecular flexibility index (Phi) is 5.95. The van der Waals surface area contributed by atoms with Crippen molar-refractivity contribution in [2.75, 3.05) is 13.7 Å². The van der Waals surface area contributed by atoms with Gasteiger partial charge in [0.2, 0.25) is 0 Å². The third-order valence-corrected chi connectivity index (χ3v) is 3.69. The summed E-state index contributed by atoms with van der Waals surface area (Å²) in [6, 6.07) is 0.444. The van der Waals surface area contributed by atoms with Crippen LogP contribution in [0.5, 0.6) is 0 Å².